The molecule has 0 aromatic rings. The fourth-order valence-electron chi connectivity index (χ4n) is 1.91. The molecule has 0 radical (unpaired) electrons. The summed E-state index contributed by atoms with van der Waals surface area (Å²) in [5, 5.41) is 5.44. The van der Waals surface area contributed by atoms with Gasteiger partial charge in [0.1, 0.15) is 0 Å². The van der Waals surface area contributed by atoms with Gasteiger partial charge in [-0.25, -0.2) is 0 Å². The lowest BCUT2D eigenvalue weighted by Gasteiger charge is -2.25. The zero-order chi connectivity index (χ0) is 12.2. The predicted molar refractivity (Wildman–Crippen MR) is 53.9 cm³/mol. The average Bonchev–Trinajstić information content (AvgIpc) is 2.65. The summed E-state index contributed by atoms with van der Waals surface area (Å²) in [6, 6.07) is 0. The molecule has 2 N–H and O–H groups in total. The Labute approximate surface area is 92.8 Å². The van der Waals surface area contributed by atoms with Gasteiger partial charge in [0.15, 0.2) is 0 Å². The van der Waals surface area contributed by atoms with Crippen LogP contribution in [0.2, 0.25) is 0 Å². The highest BCUT2D eigenvalue weighted by molar-refractivity contribution is 5.83. The van der Waals surface area contributed by atoms with Crippen LogP contribution in [0.5, 0.6) is 0 Å². The van der Waals surface area contributed by atoms with Gasteiger partial charge < -0.3 is 10.6 Å². The molecule has 16 heavy (non-hydrogen) atoms. The molecule has 0 aromatic heterocycles. The second kappa shape index (κ2) is 5.03. The van der Waals surface area contributed by atoms with Crippen LogP contribution < -0.4 is 10.6 Å². The smallest absolute Gasteiger partial charge is 0.355 e. The summed E-state index contributed by atoms with van der Waals surface area (Å²) in [7, 11) is 0. The van der Waals surface area contributed by atoms with Gasteiger partial charge in [0, 0.05) is 13.1 Å². The third kappa shape index (κ3) is 3.37. The first-order valence-electron chi connectivity index (χ1n) is 5.45. The van der Waals surface area contributed by atoms with Crippen molar-refractivity contribution in [1.82, 2.24) is 10.6 Å². The molecule has 6 heteroatoms. The Balaban J connectivity index is 2.39. The van der Waals surface area contributed by atoms with Crippen molar-refractivity contribution >= 4 is 5.91 Å². The van der Waals surface area contributed by atoms with Gasteiger partial charge in [-0.3, -0.25) is 4.79 Å². The maximum atomic E-state index is 11.9. The fraction of sp³-hybridized carbons (Fsp3) is 0.900. The van der Waals surface area contributed by atoms with Gasteiger partial charge in [0.2, 0.25) is 5.91 Å². The van der Waals surface area contributed by atoms with E-state index in [4.69, 9.17) is 0 Å². The van der Waals surface area contributed by atoms with E-state index in [2.05, 4.69) is 10.6 Å². The minimum Gasteiger partial charge on any atom is -0.355 e. The Hall–Kier alpha value is -0.780. The van der Waals surface area contributed by atoms with Crippen LogP contribution in [0.25, 0.3) is 0 Å². The summed E-state index contributed by atoms with van der Waals surface area (Å²) in [5.74, 6) is -0.260. The zero-order valence-electron chi connectivity index (χ0n) is 9.28. The Morgan fingerprint density at radius 1 is 1.50 bits per heavy atom. The first-order valence-corrected chi connectivity index (χ1v) is 5.45. The van der Waals surface area contributed by atoms with E-state index in [1.807, 2.05) is 6.92 Å². The quantitative estimate of drug-likeness (QED) is 0.778. The molecule has 0 spiro atoms. The first-order chi connectivity index (χ1) is 7.40. The third-order valence-electron chi connectivity index (χ3n) is 3.10. The SMILES string of the molecule is CCC1(C(=O)NCCC(F)(F)F)CCNC1. The lowest BCUT2D eigenvalue weighted by Crippen LogP contribution is -2.43. The van der Waals surface area contributed by atoms with E-state index in [0.29, 0.717) is 19.4 Å². The molecule has 1 rings (SSSR count). The summed E-state index contributed by atoms with van der Waals surface area (Å²) in [4.78, 5) is 11.8. The molecule has 0 aromatic carbocycles. The second-order valence-electron chi connectivity index (χ2n) is 4.18. The molecule has 1 fully saturated rings. The second-order valence-corrected chi connectivity index (χ2v) is 4.18. The molecule has 0 bridgehead atoms. The molecule has 3 nitrogen and oxygen atoms in total. The van der Waals surface area contributed by atoms with E-state index in [9.17, 15) is 18.0 Å². The number of rotatable bonds is 4. The van der Waals surface area contributed by atoms with E-state index in [1.165, 1.54) is 0 Å². The molecule has 1 heterocycles. The molecule has 1 saturated heterocycles. The summed E-state index contributed by atoms with van der Waals surface area (Å²) in [6.45, 7) is 2.86. The Morgan fingerprint density at radius 3 is 2.62 bits per heavy atom. The summed E-state index contributed by atoms with van der Waals surface area (Å²) < 4.78 is 35.7. The van der Waals surface area contributed by atoms with Crippen LogP contribution in [0.3, 0.4) is 0 Å². The molecule has 1 aliphatic heterocycles. The number of carbonyl (C=O) groups is 1. The molecule has 1 aliphatic rings. The molecular weight excluding hydrogens is 221 g/mol. The van der Waals surface area contributed by atoms with E-state index >= 15 is 0 Å². The molecule has 1 unspecified atom stereocenters. The number of nitrogens with one attached hydrogen (secondary N) is 2. The number of alkyl halides is 3. The molecule has 1 amide bonds. The van der Waals surface area contributed by atoms with Crippen LogP contribution in [0.15, 0.2) is 0 Å². The predicted octanol–water partition coefficient (Wildman–Crippen LogP) is 1.44. The van der Waals surface area contributed by atoms with E-state index < -0.39 is 18.0 Å². The Bertz CT molecular complexity index is 247. The summed E-state index contributed by atoms with van der Waals surface area (Å²) >= 11 is 0. The minimum absolute atomic E-state index is 0.260. The van der Waals surface area contributed by atoms with Crippen molar-refractivity contribution in [2.24, 2.45) is 5.41 Å². The van der Waals surface area contributed by atoms with Crippen LogP contribution in [-0.4, -0.2) is 31.7 Å². The molecular formula is C10H17F3N2O. The Kier molecular flexibility index (Phi) is 4.18. The van der Waals surface area contributed by atoms with Crippen LogP contribution in [0.4, 0.5) is 13.2 Å². The van der Waals surface area contributed by atoms with Gasteiger partial charge in [-0.15, -0.1) is 0 Å². The molecule has 1 atom stereocenters. The third-order valence-corrected chi connectivity index (χ3v) is 3.10. The van der Waals surface area contributed by atoms with Crippen molar-refractivity contribution in [3.63, 3.8) is 0 Å². The normalized spacial score (nSPS) is 25.8. The lowest BCUT2D eigenvalue weighted by atomic mass is 9.83. The molecule has 0 saturated carbocycles. The number of carbonyl (C=O) groups excluding carboxylic acids is 1. The molecule has 0 aliphatic carbocycles. The van der Waals surface area contributed by atoms with Crippen molar-refractivity contribution in [2.75, 3.05) is 19.6 Å². The molecule has 94 valence electrons. The maximum absolute atomic E-state index is 11.9. The van der Waals surface area contributed by atoms with Crippen LogP contribution in [0.1, 0.15) is 26.2 Å². The largest absolute Gasteiger partial charge is 0.390 e. The van der Waals surface area contributed by atoms with Crippen molar-refractivity contribution < 1.29 is 18.0 Å². The zero-order valence-corrected chi connectivity index (χ0v) is 9.28. The number of amides is 1. The van der Waals surface area contributed by atoms with E-state index in [0.717, 1.165) is 6.54 Å². The summed E-state index contributed by atoms with van der Waals surface area (Å²) in [6.07, 6.45) is -3.83. The standard InChI is InChI=1S/C10H17F3N2O/c1-2-9(3-5-14-7-9)8(16)15-6-4-10(11,12)13/h14H,2-7H2,1H3,(H,15,16). The van der Waals surface area contributed by atoms with Gasteiger partial charge in [-0.05, 0) is 19.4 Å². The van der Waals surface area contributed by atoms with Crippen molar-refractivity contribution in [3.8, 4) is 0 Å². The van der Waals surface area contributed by atoms with E-state index in [1.54, 1.807) is 0 Å². The number of halogens is 3. The van der Waals surface area contributed by atoms with Gasteiger partial charge in [-0.1, -0.05) is 6.92 Å². The highest BCUT2D eigenvalue weighted by Crippen LogP contribution is 2.29. The van der Waals surface area contributed by atoms with Crippen LogP contribution >= 0.6 is 0 Å². The van der Waals surface area contributed by atoms with Crippen molar-refractivity contribution in [3.05, 3.63) is 0 Å². The highest BCUT2D eigenvalue weighted by Gasteiger charge is 2.39. The topological polar surface area (TPSA) is 41.1 Å². The number of hydrogen-bond donors (Lipinski definition) is 2. The van der Waals surface area contributed by atoms with Crippen molar-refractivity contribution in [2.45, 2.75) is 32.4 Å². The average molecular weight is 238 g/mol. The van der Waals surface area contributed by atoms with Gasteiger partial charge in [0.05, 0.1) is 11.8 Å². The van der Waals surface area contributed by atoms with Gasteiger partial charge in [-0.2, -0.15) is 13.2 Å². The van der Waals surface area contributed by atoms with Gasteiger partial charge >= 0.3 is 6.18 Å². The Morgan fingerprint density at radius 2 is 2.19 bits per heavy atom. The van der Waals surface area contributed by atoms with Crippen molar-refractivity contribution in [1.29, 1.82) is 0 Å². The van der Waals surface area contributed by atoms with Gasteiger partial charge in [0.25, 0.3) is 0 Å². The minimum atomic E-state index is -4.21. The maximum Gasteiger partial charge on any atom is 0.390 e. The van der Waals surface area contributed by atoms with Crippen LogP contribution in [-0.2, 0) is 4.79 Å². The first kappa shape index (κ1) is 13.3. The summed E-state index contributed by atoms with van der Waals surface area (Å²) in [5.41, 5.74) is -0.508. The van der Waals surface area contributed by atoms with Crippen LogP contribution in [0, 0.1) is 5.41 Å². The highest BCUT2D eigenvalue weighted by atomic mass is 19.4. The number of hydrogen-bond acceptors (Lipinski definition) is 2. The lowest BCUT2D eigenvalue weighted by molar-refractivity contribution is -0.138. The fourth-order valence-corrected chi connectivity index (χ4v) is 1.91. The monoisotopic (exact) mass is 238 g/mol. The van der Waals surface area contributed by atoms with E-state index in [-0.39, 0.29) is 12.5 Å².